The van der Waals surface area contributed by atoms with Crippen LogP contribution in [0.25, 0.3) is 0 Å². The van der Waals surface area contributed by atoms with E-state index in [0.29, 0.717) is 10.6 Å². The third kappa shape index (κ3) is 4.18. The van der Waals surface area contributed by atoms with E-state index in [1.165, 1.54) is 30.0 Å². The molecule has 0 radical (unpaired) electrons. The van der Waals surface area contributed by atoms with Crippen molar-refractivity contribution in [2.75, 3.05) is 18.0 Å². The topological polar surface area (TPSA) is 87.8 Å². The standard InChI is InChI=1S/C18H17ClN4O3/c19-16-8-7-15(23(25)26)10-14(16)11-20-21-18(24)12-22-9-3-5-13-4-1-2-6-17(13)22/h1-2,4,6-8,10-11H,3,5,9,12H2,(H,21,24)/b20-11-. The number of halogens is 1. The maximum absolute atomic E-state index is 12.2. The Balaban J connectivity index is 1.62. The summed E-state index contributed by atoms with van der Waals surface area (Å²) in [5.74, 6) is -0.264. The fourth-order valence-electron chi connectivity index (χ4n) is 2.90. The van der Waals surface area contributed by atoms with Crippen LogP contribution in [-0.2, 0) is 11.2 Å². The Bertz CT molecular complexity index is 869. The number of carbonyl (C=O) groups is 1. The quantitative estimate of drug-likeness (QED) is 0.496. The van der Waals surface area contributed by atoms with Gasteiger partial charge in [-0.15, -0.1) is 0 Å². The first-order valence-corrected chi connectivity index (χ1v) is 8.51. The number of anilines is 1. The maximum Gasteiger partial charge on any atom is 0.270 e. The summed E-state index contributed by atoms with van der Waals surface area (Å²) in [6.07, 6.45) is 3.31. The summed E-state index contributed by atoms with van der Waals surface area (Å²) in [6.45, 7) is 1.00. The Morgan fingerprint density at radius 3 is 2.96 bits per heavy atom. The van der Waals surface area contributed by atoms with Crippen LogP contribution < -0.4 is 10.3 Å². The summed E-state index contributed by atoms with van der Waals surface area (Å²) in [6, 6.07) is 12.1. The highest BCUT2D eigenvalue weighted by atomic mass is 35.5. The molecule has 0 bridgehead atoms. The second-order valence-corrected chi connectivity index (χ2v) is 6.32. The summed E-state index contributed by atoms with van der Waals surface area (Å²) >= 11 is 5.99. The van der Waals surface area contributed by atoms with Gasteiger partial charge in [0.05, 0.1) is 17.7 Å². The average molecular weight is 373 g/mol. The van der Waals surface area contributed by atoms with Crippen molar-refractivity contribution >= 4 is 35.1 Å². The minimum Gasteiger partial charge on any atom is -0.362 e. The molecule has 1 aliphatic heterocycles. The number of nitrogens with one attached hydrogen (secondary N) is 1. The van der Waals surface area contributed by atoms with Crippen LogP contribution in [0.4, 0.5) is 11.4 Å². The van der Waals surface area contributed by atoms with Gasteiger partial charge in [-0.1, -0.05) is 29.8 Å². The number of non-ortho nitro benzene ring substituents is 1. The molecule has 134 valence electrons. The number of hydrazone groups is 1. The van der Waals surface area contributed by atoms with Gasteiger partial charge in [-0.25, -0.2) is 5.43 Å². The number of fused-ring (bicyclic) bond motifs is 1. The lowest BCUT2D eigenvalue weighted by Gasteiger charge is -2.30. The minimum absolute atomic E-state index is 0.0906. The largest absolute Gasteiger partial charge is 0.362 e. The number of nitro groups is 1. The van der Waals surface area contributed by atoms with Crippen molar-refractivity contribution in [2.45, 2.75) is 12.8 Å². The predicted octanol–water partition coefficient (Wildman–Crippen LogP) is 3.15. The molecule has 0 aromatic heterocycles. The van der Waals surface area contributed by atoms with Crippen LogP contribution in [0.2, 0.25) is 5.02 Å². The number of amides is 1. The Labute approximate surface area is 155 Å². The first kappa shape index (κ1) is 17.9. The molecule has 0 unspecified atom stereocenters. The van der Waals surface area contributed by atoms with E-state index in [1.807, 2.05) is 23.1 Å². The fourth-order valence-corrected chi connectivity index (χ4v) is 3.07. The smallest absolute Gasteiger partial charge is 0.270 e. The Hall–Kier alpha value is -2.93. The number of carbonyl (C=O) groups excluding carboxylic acids is 1. The molecule has 7 nitrogen and oxygen atoms in total. The Morgan fingerprint density at radius 2 is 2.15 bits per heavy atom. The monoisotopic (exact) mass is 372 g/mol. The second-order valence-electron chi connectivity index (χ2n) is 5.91. The lowest BCUT2D eigenvalue weighted by atomic mass is 10.0. The van der Waals surface area contributed by atoms with Crippen molar-refractivity contribution in [3.8, 4) is 0 Å². The van der Waals surface area contributed by atoms with Crippen LogP contribution in [0.5, 0.6) is 0 Å². The third-order valence-corrected chi connectivity index (χ3v) is 4.47. The highest BCUT2D eigenvalue weighted by molar-refractivity contribution is 6.33. The Kier molecular flexibility index (Phi) is 5.48. The maximum atomic E-state index is 12.2. The lowest BCUT2D eigenvalue weighted by Crippen LogP contribution is -2.38. The third-order valence-electron chi connectivity index (χ3n) is 4.12. The molecule has 26 heavy (non-hydrogen) atoms. The number of hydrogen-bond donors (Lipinski definition) is 1. The molecule has 3 rings (SSSR count). The fraction of sp³-hybridized carbons (Fsp3) is 0.222. The number of nitro benzene ring substituents is 1. The van der Waals surface area contributed by atoms with Gasteiger partial charge in [-0.2, -0.15) is 5.10 Å². The van der Waals surface area contributed by atoms with Crippen molar-refractivity contribution in [1.29, 1.82) is 0 Å². The molecule has 2 aromatic rings. The molecule has 1 heterocycles. The van der Waals surface area contributed by atoms with Crippen LogP contribution in [0.3, 0.4) is 0 Å². The van der Waals surface area contributed by atoms with Crippen molar-refractivity contribution in [3.05, 3.63) is 68.7 Å². The van der Waals surface area contributed by atoms with Crippen LogP contribution in [0, 0.1) is 10.1 Å². The zero-order valence-electron chi connectivity index (χ0n) is 13.9. The molecule has 0 saturated heterocycles. The predicted molar refractivity (Wildman–Crippen MR) is 101 cm³/mol. The summed E-state index contributed by atoms with van der Waals surface area (Å²) in [7, 11) is 0. The lowest BCUT2D eigenvalue weighted by molar-refractivity contribution is -0.384. The number of nitrogens with zero attached hydrogens (tertiary/aromatic N) is 3. The van der Waals surface area contributed by atoms with E-state index in [2.05, 4.69) is 16.6 Å². The average Bonchev–Trinajstić information content (AvgIpc) is 2.63. The first-order chi connectivity index (χ1) is 12.5. The molecule has 8 heteroatoms. The van der Waals surface area contributed by atoms with Crippen molar-refractivity contribution < 1.29 is 9.72 Å². The van der Waals surface area contributed by atoms with Crippen LogP contribution >= 0.6 is 11.6 Å². The highest BCUT2D eigenvalue weighted by Gasteiger charge is 2.18. The molecule has 0 fully saturated rings. The number of para-hydroxylation sites is 1. The van der Waals surface area contributed by atoms with E-state index < -0.39 is 4.92 Å². The van der Waals surface area contributed by atoms with Gasteiger partial charge in [0.2, 0.25) is 0 Å². The molecule has 1 aliphatic rings. The van der Waals surface area contributed by atoms with Gasteiger partial charge in [0.25, 0.3) is 11.6 Å². The van der Waals surface area contributed by atoms with Crippen LogP contribution in [0.1, 0.15) is 17.5 Å². The normalized spacial score (nSPS) is 13.5. The van der Waals surface area contributed by atoms with E-state index in [-0.39, 0.29) is 18.1 Å². The molecular weight excluding hydrogens is 356 g/mol. The van der Waals surface area contributed by atoms with Crippen LogP contribution in [0.15, 0.2) is 47.6 Å². The summed E-state index contributed by atoms with van der Waals surface area (Å²) in [5, 5.41) is 15.0. The van der Waals surface area contributed by atoms with Crippen molar-refractivity contribution in [3.63, 3.8) is 0 Å². The van der Waals surface area contributed by atoms with Crippen molar-refractivity contribution in [1.82, 2.24) is 5.43 Å². The van der Waals surface area contributed by atoms with Gasteiger partial charge < -0.3 is 4.90 Å². The van der Waals surface area contributed by atoms with Crippen molar-refractivity contribution in [2.24, 2.45) is 5.10 Å². The van der Waals surface area contributed by atoms with E-state index in [1.54, 1.807) is 0 Å². The van der Waals surface area contributed by atoms with Gasteiger partial charge in [-0.05, 0) is 30.5 Å². The van der Waals surface area contributed by atoms with E-state index in [9.17, 15) is 14.9 Å². The summed E-state index contributed by atoms with van der Waals surface area (Å²) in [4.78, 5) is 24.5. The van der Waals surface area contributed by atoms with Gasteiger partial charge in [0.15, 0.2) is 0 Å². The van der Waals surface area contributed by atoms with Gasteiger partial charge in [0, 0.05) is 35.0 Å². The molecule has 2 aromatic carbocycles. The number of hydrogen-bond acceptors (Lipinski definition) is 5. The Morgan fingerprint density at radius 1 is 1.35 bits per heavy atom. The molecule has 0 atom stereocenters. The number of benzene rings is 2. The summed E-state index contributed by atoms with van der Waals surface area (Å²) in [5.41, 5.74) is 5.02. The zero-order valence-corrected chi connectivity index (χ0v) is 14.6. The van der Waals surface area contributed by atoms with Gasteiger partial charge in [-0.3, -0.25) is 14.9 Å². The van der Waals surface area contributed by atoms with E-state index in [0.717, 1.165) is 25.1 Å². The van der Waals surface area contributed by atoms with E-state index in [4.69, 9.17) is 11.6 Å². The molecular formula is C18H17ClN4O3. The molecule has 0 saturated carbocycles. The SMILES string of the molecule is O=C(CN1CCCc2ccccc21)N/N=C\c1cc([N+](=O)[O-])ccc1Cl. The van der Waals surface area contributed by atoms with Gasteiger partial charge in [0.1, 0.15) is 0 Å². The highest BCUT2D eigenvalue weighted by Crippen LogP contribution is 2.26. The number of rotatable bonds is 5. The molecule has 0 spiro atoms. The van der Waals surface area contributed by atoms with E-state index >= 15 is 0 Å². The number of aryl methyl sites for hydroxylation is 1. The minimum atomic E-state index is -0.514. The first-order valence-electron chi connectivity index (χ1n) is 8.13. The molecule has 1 amide bonds. The zero-order chi connectivity index (χ0) is 18.5. The summed E-state index contributed by atoms with van der Waals surface area (Å²) < 4.78 is 0. The van der Waals surface area contributed by atoms with Crippen LogP contribution in [-0.4, -0.2) is 30.1 Å². The second kappa shape index (κ2) is 7.97. The van der Waals surface area contributed by atoms with Gasteiger partial charge >= 0.3 is 0 Å². The molecule has 1 N–H and O–H groups in total. The molecule has 0 aliphatic carbocycles.